The van der Waals surface area contributed by atoms with E-state index in [-0.39, 0.29) is 0 Å². The third-order valence-corrected chi connectivity index (χ3v) is 4.10. The van der Waals surface area contributed by atoms with Gasteiger partial charge in [-0.25, -0.2) is 0 Å². The second-order valence-electron chi connectivity index (χ2n) is 5.60. The lowest BCUT2D eigenvalue weighted by Crippen LogP contribution is -2.40. The van der Waals surface area contributed by atoms with Crippen LogP contribution < -0.4 is 11.3 Å². The fourth-order valence-electron chi connectivity index (χ4n) is 2.63. The fourth-order valence-corrected chi connectivity index (χ4v) is 2.63. The summed E-state index contributed by atoms with van der Waals surface area (Å²) in [6.07, 6.45) is 6.98. The van der Waals surface area contributed by atoms with Crippen LogP contribution in [0.3, 0.4) is 0 Å². The molecule has 2 nitrogen and oxygen atoms in total. The molecule has 0 heterocycles. The number of hydrazine groups is 1. The maximum atomic E-state index is 5.61. The summed E-state index contributed by atoms with van der Waals surface area (Å²) in [5, 5.41) is 0. The quantitative estimate of drug-likeness (QED) is 0.516. The van der Waals surface area contributed by atoms with E-state index < -0.39 is 0 Å². The molecule has 2 atom stereocenters. The number of hydrogen-bond donors (Lipinski definition) is 2. The van der Waals surface area contributed by atoms with Crippen LogP contribution in [0.15, 0.2) is 0 Å². The highest BCUT2D eigenvalue weighted by Crippen LogP contribution is 2.54. The van der Waals surface area contributed by atoms with Gasteiger partial charge in [0.05, 0.1) is 0 Å². The van der Waals surface area contributed by atoms with Crippen molar-refractivity contribution >= 4 is 0 Å². The highest BCUT2D eigenvalue weighted by atomic mass is 15.2. The van der Waals surface area contributed by atoms with Crippen LogP contribution in [-0.4, -0.2) is 6.04 Å². The first-order valence-corrected chi connectivity index (χ1v) is 5.59. The molecular formula is C11H22N2. The fraction of sp³-hybridized carbons (Fsp3) is 1.00. The lowest BCUT2D eigenvalue weighted by Gasteiger charge is -2.30. The molecule has 2 saturated carbocycles. The Kier molecular flexibility index (Phi) is 2.37. The molecule has 2 heteroatoms. The minimum Gasteiger partial charge on any atom is -0.271 e. The Hall–Kier alpha value is -0.0800. The van der Waals surface area contributed by atoms with Gasteiger partial charge >= 0.3 is 0 Å². The monoisotopic (exact) mass is 182 g/mol. The van der Waals surface area contributed by atoms with E-state index in [0.717, 1.165) is 11.8 Å². The van der Waals surface area contributed by atoms with E-state index in [0.29, 0.717) is 11.5 Å². The van der Waals surface area contributed by atoms with Crippen LogP contribution in [0.4, 0.5) is 0 Å². The van der Waals surface area contributed by atoms with E-state index in [1.54, 1.807) is 0 Å². The van der Waals surface area contributed by atoms with E-state index >= 15 is 0 Å². The second kappa shape index (κ2) is 3.25. The van der Waals surface area contributed by atoms with Crippen molar-refractivity contribution in [2.24, 2.45) is 23.1 Å². The van der Waals surface area contributed by atoms with Crippen molar-refractivity contribution in [3.63, 3.8) is 0 Å². The van der Waals surface area contributed by atoms with E-state index in [2.05, 4.69) is 19.3 Å². The molecule has 0 amide bonds. The van der Waals surface area contributed by atoms with Crippen molar-refractivity contribution < 1.29 is 0 Å². The molecule has 2 aliphatic rings. The smallest absolute Gasteiger partial charge is 0.0246 e. The Morgan fingerprint density at radius 2 is 2.08 bits per heavy atom. The molecule has 0 radical (unpaired) electrons. The molecule has 0 bridgehead atoms. The zero-order valence-corrected chi connectivity index (χ0v) is 8.84. The van der Waals surface area contributed by atoms with Gasteiger partial charge in [-0.2, -0.15) is 0 Å². The summed E-state index contributed by atoms with van der Waals surface area (Å²) >= 11 is 0. The Bertz CT molecular complexity index is 185. The van der Waals surface area contributed by atoms with Gasteiger partial charge < -0.3 is 0 Å². The maximum absolute atomic E-state index is 5.61. The van der Waals surface area contributed by atoms with Gasteiger partial charge in [0, 0.05) is 6.04 Å². The standard InChI is InChI=1S/C11H22N2/c1-11(2)7-9(11)10(13-12)6-8-4-3-5-8/h8-10,13H,3-7,12H2,1-2H3. The molecule has 2 unspecified atom stereocenters. The van der Waals surface area contributed by atoms with Gasteiger partial charge in [-0.1, -0.05) is 33.1 Å². The van der Waals surface area contributed by atoms with Gasteiger partial charge in [0.1, 0.15) is 0 Å². The molecule has 76 valence electrons. The highest BCUT2D eigenvalue weighted by Gasteiger charge is 2.50. The van der Waals surface area contributed by atoms with E-state index in [9.17, 15) is 0 Å². The predicted molar refractivity (Wildman–Crippen MR) is 55.0 cm³/mol. The molecular weight excluding hydrogens is 160 g/mol. The van der Waals surface area contributed by atoms with Crippen LogP contribution in [-0.2, 0) is 0 Å². The summed E-state index contributed by atoms with van der Waals surface area (Å²) in [5.74, 6) is 7.41. The van der Waals surface area contributed by atoms with Crippen molar-refractivity contribution in [3.05, 3.63) is 0 Å². The molecule has 0 aliphatic heterocycles. The summed E-state index contributed by atoms with van der Waals surface area (Å²) in [5.41, 5.74) is 3.58. The largest absolute Gasteiger partial charge is 0.271 e. The van der Waals surface area contributed by atoms with E-state index in [1.807, 2.05) is 0 Å². The Morgan fingerprint density at radius 1 is 1.46 bits per heavy atom. The lowest BCUT2D eigenvalue weighted by atomic mass is 9.79. The first-order chi connectivity index (χ1) is 6.13. The van der Waals surface area contributed by atoms with Crippen molar-refractivity contribution in [2.45, 2.75) is 52.0 Å². The normalized spacial score (nSPS) is 33.9. The lowest BCUT2D eigenvalue weighted by molar-refractivity contribution is 0.240. The highest BCUT2D eigenvalue weighted by molar-refractivity contribution is 5.02. The number of nitrogens with two attached hydrogens (primary N) is 1. The number of hydrogen-bond acceptors (Lipinski definition) is 2. The van der Waals surface area contributed by atoms with E-state index in [1.165, 1.54) is 32.1 Å². The van der Waals surface area contributed by atoms with Crippen molar-refractivity contribution in [1.29, 1.82) is 0 Å². The SMILES string of the molecule is CC1(C)CC1C(CC1CCC1)NN. The average molecular weight is 182 g/mol. The van der Waals surface area contributed by atoms with E-state index in [4.69, 9.17) is 5.84 Å². The Labute approximate surface area is 81.2 Å². The first-order valence-electron chi connectivity index (χ1n) is 5.59. The van der Waals surface area contributed by atoms with Crippen LogP contribution in [0.1, 0.15) is 46.0 Å². The van der Waals surface area contributed by atoms with Gasteiger partial charge in [-0.15, -0.1) is 0 Å². The minimum absolute atomic E-state index is 0.556. The van der Waals surface area contributed by atoms with Crippen molar-refractivity contribution in [3.8, 4) is 0 Å². The Balaban J connectivity index is 1.80. The summed E-state index contributed by atoms with van der Waals surface area (Å²) < 4.78 is 0. The molecule has 13 heavy (non-hydrogen) atoms. The molecule has 0 aromatic rings. The van der Waals surface area contributed by atoms with Gasteiger partial charge in [0.15, 0.2) is 0 Å². The molecule has 2 aliphatic carbocycles. The molecule has 0 aromatic heterocycles. The van der Waals surface area contributed by atoms with Crippen LogP contribution in [0, 0.1) is 17.3 Å². The molecule has 2 rings (SSSR count). The summed E-state index contributed by atoms with van der Waals surface area (Å²) in [6.45, 7) is 4.70. The van der Waals surface area contributed by atoms with Gasteiger partial charge in [-0.3, -0.25) is 11.3 Å². The summed E-state index contributed by atoms with van der Waals surface area (Å²) in [4.78, 5) is 0. The maximum Gasteiger partial charge on any atom is 0.0246 e. The van der Waals surface area contributed by atoms with Crippen LogP contribution in [0.2, 0.25) is 0 Å². The first kappa shape index (κ1) is 9.47. The third-order valence-electron chi connectivity index (χ3n) is 4.10. The minimum atomic E-state index is 0.556. The third kappa shape index (κ3) is 1.89. The zero-order chi connectivity index (χ0) is 9.47. The Morgan fingerprint density at radius 3 is 2.38 bits per heavy atom. The summed E-state index contributed by atoms with van der Waals surface area (Å²) in [7, 11) is 0. The van der Waals surface area contributed by atoms with Crippen molar-refractivity contribution in [1.82, 2.24) is 5.43 Å². The van der Waals surface area contributed by atoms with Gasteiger partial charge in [0.2, 0.25) is 0 Å². The van der Waals surface area contributed by atoms with Crippen LogP contribution in [0.5, 0.6) is 0 Å². The molecule has 0 spiro atoms. The molecule has 2 fully saturated rings. The summed E-state index contributed by atoms with van der Waals surface area (Å²) in [6, 6.07) is 0.584. The second-order valence-corrected chi connectivity index (χ2v) is 5.60. The average Bonchev–Trinajstić information content (AvgIpc) is 2.58. The molecule has 0 aromatic carbocycles. The van der Waals surface area contributed by atoms with Crippen LogP contribution in [0.25, 0.3) is 0 Å². The predicted octanol–water partition coefficient (Wildman–Crippen LogP) is 2.05. The van der Waals surface area contributed by atoms with Crippen molar-refractivity contribution in [2.75, 3.05) is 0 Å². The number of nitrogens with one attached hydrogen (secondary N) is 1. The molecule has 0 saturated heterocycles. The number of rotatable bonds is 4. The van der Waals surface area contributed by atoms with Crippen LogP contribution >= 0.6 is 0 Å². The topological polar surface area (TPSA) is 38.0 Å². The zero-order valence-electron chi connectivity index (χ0n) is 8.84. The van der Waals surface area contributed by atoms with Gasteiger partial charge in [-0.05, 0) is 30.1 Å². The van der Waals surface area contributed by atoms with Gasteiger partial charge in [0.25, 0.3) is 0 Å². The molecule has 3 N–H and O–H groups in total.